The van der Waals surface area contributed by atoms with E-state index >= 15 is 0 Å². The Bertz CT molecular complexity index is 215. The normalized spacial score (nSPS) is 14.1. The number of nitrogens with zero attached hydrogens (tertiary/aromatic N) is 1. The second-order valence-corrected chi connectivity index (χ2v) is 5.10. The lowest BCUT2D eigenvalue weighted by Crippen LogP contribution is -2.53. The zero-order valence-electron chi connectivity index (χ0n) is 10.4. The highest BCUT2D eigenvalue weighted by molar-refractivity contribution is 5.82. The van der Waals surface area contributed by atoms with Gasteiger partial charge in [0.05, 0.1) is 18.2 Å². The number of rotatable bonds is 5. The molecule has 0 aliphatic rings. The Morgan fingerprint density at radius 3 is 2.27 bits per heavy atom. The van der Waals surface area contributed by atoms with E-state index in [-0.39, 0.29) is 12.5 Å². The minimum Gasteiger partial charge on any atom is -0.394 e. The minimum atomic E-state index is -0.550. The lowest BCUT2D eigenvalue weighted by atomic mass is 10.00. The standard InChI is InChI=1S/C11H24N2O2/c1-8(2)6-9(12)10(15)13(5)11(3,4)7-14/h8-9,14H,6-7,12H2,1-5H3. The van der Waals surface area contributed by atoms with Crippen LogP contribution < -0.4 is 5.73 Å². The topological polar surface area (TPSA) is 66.6 Å². The third kappa shape index (κ3) is 4.18. The Balaban J connectivity index is 4.44. The smallest absolute Gasteiger partial charge is 0.239 e. The number of nitrogens with two attached hydrogens (primary N) is 1. The van der Waals surface area contributed by atoms with Crippen molar-refractivity contribution in [2.45, 2.75) is 45.7 Å². The third-order valence-corrected chi connectivity index (χ3v) is 2.67. The summed E-state index contributed by atoms with van der Waals surface area (Å²) in [6, 6.07) is -0.471. The number of amides is 1. The highest BCUT2D eigenvalue weighted by Gasteiger charge is 2.30. The first-order valence-electron chi connectivity index (χ1n) is 5.36. The lowest BCUT2D eigenvalue weighted by molar-refractivity contribution is -0.137. The molecule has 0 heterocycles. The zero-order chi connectivity index (χ0) is 12.2. The van der Waals surface area contributed by atoms with Crippen LogP contribution in [0.1, 0.15) is 34.1 Å². The molecule has 0 rings (SSSR count). The van der Waals surface area contributed by atoms with Crippen molar-refractivity contribution in [1.82, 2.24) is 4.90 Å². The third-order valence-electron chi connectivity index (χ3n) is 2.67. The number of aliphatic hydroxyl groups excluding tert-OH is 1. The van der Waals surface area contributed by atoms with Crippen LogP contribution in [0.5, 0.6) is 0 Å². The van der Waals surface area contributed by atoms with Crippen LogP contribution in [0.15, 0.2) is 0 Å². The van der Waals surface area contributed by atoms with E-state index in [1.165, 1.54) is 4.90 Å². The highest BCUT2D eigenvalue weighted by atomic mass is 16.3. The van der Waals surface area contributed by atoms with Gasteiger partial charge in [-0.05, 0) is 26.2 Å². The molecular formula is C11H24N2O2. The molecule has 1 atom stereocenters. The van der Waals surface area contributed by atoms with Crippen molar-refractivity contribution in [3.05, 3.63) is 0 Å². The predicted molar refractivity (Wildman–Crippen MR) is 61.4 cm³/mol. The van der Waals surface area contributed by atoms with Gasteiger partial charge in [0.1, 0.15) is 0 Å². The summed E-state index contributed by atoms with van der Waals surface area (Å²) in [5.74, 6) is 0.289. The average molecular weight is 216 g/mol. The summed E-state index contributed by atoms with van der Waals surface area (Å²) in [6.07, 6.45) is 0.671. The van der Waals surface area contributed by atoms with Crippen molar-refractivity contribution in [1.29, 1.82) is 0 Å². The maximum Gasteiger partial charge on any atom is 0.239 e. The summed E-state index contributed by atoms with van der Waals surface area (Å²) >= 11 is 0. The molecule has 0 fully saturated rings. The molecule has 0 aromatic rings. The summed E-state index contributed by atoms with van der Waals surface area (Å²) in [7, 11) is 1.68. The van der Waals surface area contributed by atoms with Gasteiger partial charge in [0.15, 0.2) is 0 Å². The van der Waals surface area contributed by atoms with Gasteiger partial charge in [0, 0.05) is 7.05 Å². The van der Waals surface area contributed by atoms with E-state index in [2.05, 4.69) is 0 Å². The molecule has 0 saturated carbocycles. The molecule has 0 aromatic heterocycles. The van der Waals surface area contributed by atoms with E-state index in [4.69, 9.17) is 10.8 Å². The number of hydrogen-bond acceptors (Lipinski definition) is 3. The Hall–Kier alpha value is -0.610. The summed E-state index contributed by atoms with van der Waals surface area (Å²) in [5.41, 5.74) is 5.25. The maximum atomic E-state index is 11.9. The van der Waals surface area contributed by atoms with E-state index in [9.17, 15) is 4.79 Å². The first kappa shape index (κ1) is 14.4. The summed E-state index contributed by atoms with van der Waals surface area (Å²) < 4.78 is 0. The fourth-order valence-corrected chi connectivity index (χ4v) is 1.26. The molecular weight excluding hydrogens is 192 g/mol. The molecule has 90 valence electrons. The molecule has 0 bridgehead atoms. The Kier molecular flexibility index (Phi) is 5.24. The fraction of sp³-hybridized carbons (Fsp3) is 0.909. The van der Waals surface area contributed by atoms with E-state index in [0.717, 1.165) is 0 Å². The molecule has 0 aromatic carbocycles. The van der Waals surface area contributed by atoms with Crippen molar-refractivity contribution >= 4 is 5.91 Å². The Morgan fingerprint density at radius 1 is 1.47 bits per heavy atom. The van der Waals surface area contributed by atoms with Gasteiger partial charge in [-0.3, -0.25) is 4.79 Å². The monoisotopic (exact) mass is 216 g/mol. The first-order chi connectivity index (χ1) is 6.72. The van der Waals surface area contributed by atoms with E-state index in [1.54, 1.807) is 7.05 Å². The predicted octanol–water partition coefficient (Wildman–Crippen LogP) is 0.589. The van der Waals surface area contributed by atoms with Gasteiger partial charge in [-0.2, -0.15) is 0 Å². The van der Waals surface area contributed by atoms with Gasteiger partial charge < -0.3 is 15.7 Å². The lowest BCUT2D eigenvalue weighted by Gasteiger charge is -2.35. The summed E-state index contributed by atoms with van der Waals surface area (Å²) in [4.78, 5) is 13.4. The largest absolute Gasteiger partial charge is 0.394 e. The first-order valence-corrected chi connectivity index (χ1v) is 5.36. The van der Waals surface area contributed by atoms with Crippen LogP contribution in [0.3, 0.4) is 0 Å². The summed E-state index contributed by atoms with van der Waals surface area (Å²) in [5, 5.41) is 9.14. The van der Waals surface area contributed by atoms with Crippen LogP contribution in [-0.2, 0) is 4.79 Å². The van der Waals surface area contributed by atoms with Crippen LogP contribution in [0.2, 0.25) is 0 Å². The molecule has 0 radical (unpaired) electrons. The van der Waals surface area contributed by atoms with Crippen LogP contribution in [0, 0.1) is 5.92 Å². The Morgan fingerprint density at radius 2 is 1.93 bits per heavy atom. The average Bonchev–Trinajstić information content (AvgIpc) is 2.14. The molecule has 4 heteroatoms. The summed E-state index contributed by atoms with van der Waals surface area (Å²) in [6.45, 7) is 7.62. The van der Waals surface area contributed by atoms with Gasteiger partial charge in [-0.1, -0.05) is 13.8 Å². The minimum absolute atomic E-state index is 0.0658. The highest BCUT2D eigenvalue weighted by Crippen LogP contribution is 2.14. The second kappa shape index (κ2) is 5.47. The van der Waals surface area contributed by atoms with Gasteiger partial charge in [0.2, 0.25) is 5.91 Å². The van der Waals surface area contributed by atoms with Crippen molar-refractivity contribution in [3.8, 4) is 0 Å². The maximum absolute atomic E-state index is 11.9. The van der Waals surface area contributed by atoms with Crippen molar-refractivity contribution in [3.63, 3.8) is 0 Å². The molecule has 4 nitrogen and oxygen atoms in total. The molecule has 0 aliphatic heterocycles. The van der Waals surface area contributed by atoms with Crippen LogP contribution in [0.4, 0.5) is 0 Å². The van der Waals surface area contributed by atoms with Crippen molar-refractivity contribution < 1.29 is 9.90 Å². The van der Waals surface area contributed by atoms with Crippen LogP contribution in [0.25, 0.3) is 0 Å². The van der Waals surface area contributed by atoms with Gasteiger partial charge >= 0.3 is 0 Å². The van der Waals surface area contributed by atoms with Gasteiger partial charge in [0.25, 0.3) is 0 Å². The molecule has 0 saturated heterocycles. The number of aliphatic hydroxyl groups is 1. The Labute approximate surface area is 92.4 Å². The quantitative estimate of drug-likeness (QED) is 0.707. The van der Waals surface area contributed by atoms with Crippen molar-refractivity contribution in [2.24, 2.45) is 11.7 Å². The van der Waals surface area contributed by atoms with E-state index in [1.807, 2.05) is 27.7 Å². The van der Waals surface area contributed by atoms with E-state index < -0.39 is 11.6 Å². The van der Waals surface area contributed by atoms with Crippen LogP contribution >= 0.6 is 0 Å². The van der Waals surface area contributed by atoms with Crippen molar-refractivity contribution in [2.75, 3.05) is 13.7 Å². The molecule has 3 N–H and O–H groups in total. The molecule has 1 unspecified atom stereocenters. The number of likely N-dealkylation sites (N-methyl/N-ethyl adjacent to an activating group) is 1. The fourth-order valence-electron chi connectivity index (χ4n) is 1.26. The SMILES string of the molecule is CC(C)CC(N)C(=O)N(C)C(C)(C)CO. The number of carbonyl (C=O) groups is 1. The molecule has 0 spiro atoms. The second-order valence-electron chi connectivity index (χ2n) is 5.10. The molecule has 15 heavy (non-hydrogen) atoms. The van der Waals surface area contributed by atoms with Gasteiger partial charge in [-0.15, -0.1) is 0 Å². The molecule has 0 aliphatic carbocycles. The van der Waals surface area contributed by atoms with Gasteiger partial charge in [-0.25, -0.2) is 0 Å². The van der Waals surface area contributed by atoms with Crippen LogP contribution in [-0.4, -0.2) is 41.1 Å². The number of hydrogen-bond donors (Lipinski definition) is 2. The molecule has 1 amide bonds. The van der Waals surface area contributed by atoms with E-state index in [0.29, 0.717) is 12.3 Å². The zero-order valence-corrected chi connectivity index (χ0v) is 10.4. The number of carbonyl (C=O) groups excluding carboxylic acids is 1.